The van der Waals surface area contributed by atoms with E-state index in [0.717, 1.165) is 38.5 Å². The van der Waals surface area contributed by atoms with Crippen molar-refractivity contribution in [2.45, 2.75) is 96.5 Å². The van der Waals surface area contributed by atoms with Crippen LogP contribution in [0.3, 0.4) is 0 Å². The lowest BCUT2D eigenvalue weighted by molar-refractivity contribution is -0.144. The quantitative estimate of drug-likeness (QED) is 0.255. The number of cyclic esters (lactones) is 1. The van der Waals surface area contributed by atoms with Crippen molar-refractivity contribution >= 4 is 17.7 Å². The van der Waals surface area contributed by atoms with Gasteiger partial charge in [0.1, 0.15) is 17.8 Å². The number of carboxylic acid groups (broad SMARTS) is 1. The first kappa shape index (κ1) is 22.4. The summed E-state index contributed by atoms with van der Waals surface area (Å²) in [6.07, 6.45) is 13.5. The summed E-state index contributed by atoms with van der Waals surface area (Å²) in [5.74, 6) is -2.17. The monoisotopic (exact) mass is 366 g/mol. The maximum Gasteiger partial charge on any atom is 0.334 e. The number of rotatable bonds is 15. The molecule has 0 bridgehead atoms. The Hall–Kier alpha value is -1.65. The second kappa shape index (κ2) is 12.7. The van der Waals surface area contributed by atoms with Crippen molar-refractivity contribution in [3.8, 4) is 0 Å². The van der Waals surface area contributed by atoms with Crippen LogP contribution in [0, 0.1) is 5.92 Å². The second-order valence-corrected chi connectivity index (χ2v) is 7.41. The average Bonchev–Trinajstić information content (AvgIpc) is 2.86. The number of ketones is 1. The summed E-state index contributed by atoms with van der Waals surface area (Å²) in [5.41, 5.74) is 0.0730. The predicted molar refractivity (Wildman–Crippen MR) is 101 cm³/mol. The Kier molecular flexibility index (Phi) is 10.9. The zero-order valence-electron chi connectivity index (χ0n) is 16.1. The van der Waals surface area contributed by atoms with Crippen molar-refractivity contribution in [1.82, 2.24) is 0 Å². The number of carboxylic acids is 1. The molecule has 0 aliphatic carbocycles. The highest BCUT2D eigenvalue weighted by Gasteiger charge is 2.42. The van der Waals surface area contributed by atoms with Crippen molar-refractivity contribution in [2.75, 3.05) is 0 Å². The molecule has 1 N–H and O–H groups in total. The maximum atomic E-state index is 11.4. The molecule has 0 aromatic heterocycles. The Balaban J connectivity index is 1.93. The Morgan fingerprint density at radius 2 is 1.38 bits per heavy atom. The van der Waals surface area contributed by atoms with Crippen molar-refractivity contribution in [3.05, 3.63) is 12.2 Å². The van der Waals surface area contributed by atoms with E-state index in [2.05, 4.69) is 6.58 Å². The second-order valence-electron chi connectivity index (χ2n) is 7.41. The van der Waals surface area contributed by atoms with Gasteiger partial charge < -0.3 is 14.6 Å². The van der Waals surface area contributed by atoms with Gasteiger partial charge in [0.15, 0.2) is 0 Å². The summed E-state index contributed by atoms with van der Waals surface area (Å²) in [5, 5.41) is 9.18. The van der Waals surface area contributed by atoms with E-state index >= 15 is 0 Å². The van der Waals surface area contributed by atoms with E-state index in [0.29, 0.717) is 12.2 Å². The van der Waals surface area contributed by atoms with Gasteiger partial charge in [0, 0.05) is 12.0 Å². The first-order valence-corrected chi connectivity index (χ1v) is 10.1. The molecular formula is C21H34O5. The molecule has 0 saturated carbocycles. The number of aliphatic carboxylic acids is 1. The van der Waals surface area contributed by atoms with Crippen molar-refractivity contribution in [3.63, 3.8) is 0 Å². The SMILES string of the molecule is C=C1C(=O)OC(CCCCCCCCCCCCCC(C)=O)C1C(=O)O. The van der Waals surface area contributed by atoms with Crippen LogP contribution in [0.4, 0.5) is 0 Å². The molecule has 0 aromatic carbocycles. The fourth-order valence-electron chi connectivity index (χ4n) is 3.48. The van der Waals surface area contributed by atoms with Gasteiger partial charge in [-0.25, -0.2) is 4.79 Å². The first-order valence-electron chi connectivity index (χ1n) is 10.1. The van der Waals surface area contributed by atoms with Gasteiger partial charge >= 0.3 is 11.9 Å². The van der Waals surface area contributed by atoms with Crippen molar-refractivity contribution in [2.24, 2.45) is 5.92 Å². The molecule has 1 heterocycles. The van der Waals surface area contributed by atoms with E-state index < -0.39 is 24.0 Å². The van der Waals surface area contributed by atoms with Gasteiger partial charge in [-0.05, 0) is 26.2 Å². The molecular weight excluding hydrogens is 332 g/mol. The van der Waals surface area contributed by atoms with Gasteiger partial charge in [-0.15, -0.1) is 0 Å². The van der Waals surface area contributed by atoms with Crippen LogP contribution < -0.4 is 0 Å². The lowest BCUT2D eigenvalue weighted by atomic mass is 9.93. The zero-order chi connectivity index (χ0) is 19.4. The number of ether oxygens (including phenoxy) is 1. The molecule has 5 nitrogen and oxygen atoms in total. The van der Waals surface area contributed by atoms with Gasteiger partial charge in [0.2, 0.25) is 0 Å². The normalized spacial score (nSPS) is 19.6. The van der Waals surface area contributed by atoms with Crippen molar-refractivity contribution in [1.29, 1.82) is 0 Å². The van der Waals surface area contributed by atoms with Gasteiger partial charge in [-0.1, -0.05) is 64.4 Å². The largest absolute Gasteiger partial charge is 0.481 e. The average molecular weight is 366 g/mol. The highest BCUT2D eigenvalue weighted by Crippen LogP contribution is 2.30. The van der Waals surface area contributed by atoms with E-state index in [1.165, 1.54) is 38.5 Å². The molecule has 2 atom stereocenters. The number of unbranched alkanes of at least 4 members (excludes halogenated alkanes) is 10. The van der Waals surface area contributed by atoms with Crippen LogP contribution in [0.5, 0.6) is 0 Å². The van der Waals surface area contributed by atoms with Gasteiger partial charge in [0.25, 0.3) is 0 Å². The number of Topliss-reactive ketones (excluding diaryl/α,β-unsaturated/α-hetero) is 1. The molecule has 1 aliphatic rings. The lowest BCUT2D eigenvalue weighted by Crippen LogP contribution is -2.24. The minimum atomic E-state index is -1.02. The molecule has 1 rings (SSSR count). The zero-order valence-corrected chi connectivity index (χ0v) is 16.1. The topological polar surface area (TPSA) is 80.7 Å². The Bertz CT molecular complexity index is 483. The third kappa shape index (κ3) is 8.63. The Morgan fingerprint density at radius 3 is 1.85 bits per heavy atom. The number of hydrogen-bond donors (Lipinski definition) is 1. The minimum absolute atomic E-state index is 0.0730. The lowest BCUT2D eigenvalue weighted by Gasteiger charge is -2.13. The Morgan fingerprint density at radius 1 is 0.923 bits per heavy atom. The van der Waals surface area contributed by atoms with Crippen LogP contribution >= 0.6 is 0 Å². The number of carbonyl (C=O) groups is 3. The molecule has 1 fully saturated rings. The summed E-state index contributed by atoms with van der Waals surface area (Å²) >= 11 is 0. The number of carbonyl (C=O) groups excluding carboxylic acids is 2. The van der Waals surface area contributed by atoms with Crippen LogP contribution in [-0.2, 0) is 19.1 Å². The molecule has 0 amide bonds. The third-order valence-corrected chi connectivity index (χ3v) is 5.05. The van der Waals surface area contributed by atoms with E-state index in [-0.39, 0.29) is 5.57 Å². The van der Waals surface area contributed by atoms with E-state index in [9.17, 15) is 19.5 Å². The first-order chi connectivity index (χ1) is 12.4. The molecule has 148 valence electrons. The molecule has 26 heavy (non-hydrogen) atoms. The molecule has 5 heteroatoms. The molecule has 0 spiro atoms. The van der Waals surface area contributed by atoms with Crippen LogP contribution in [-0.4, -0.2) is 28.9 Å². The molecule has 0 radical (unpaired) electrons. The molecule has 0 aromatic rings. The minimum Gasteiger partial charge on any atom is -0.481 e. The highest BCUT2D eigenvalue weighted by molar-refractivity contribution is 5.97. The van der Waals surface area contributed by atoms with E-state index in [4.69, 9.17) is 4.74 Å². The van der Waals surface area contributed by atoms with Crippen molar-refractivity contribution < 1.29 is 24.2 Å². The van der Waals surface area contributed by atoms with Gasteiger partial charge in [-0.2, -0.15) is 0 Å². The number of hydrogen-bond acceptors (Lipinski definition) is 4. The molecule has 1 aliphatic heterocycles. The molecule has 1 saturated heterocycles. The predicted octanol–water partition coefficient (Wildman–Crippen LogP) is 4.83. The maximum absolute atomic E-state index is 11.4. The highest BCUT2D eigenvalue weighted by atomic mass is 16.6. The van der Waals surface area contributed by atoms with Gasteiger partial charge in [0.05, 0.1) is 0 Å². The Labute approximate surface area is 157 Å². The van der Waals surface area contributed by atoms with E-state index in [1.807, 2.05) is 0 Å². The van der Waals surface area contributed by atoms with Crippen LogP contribution in [0.25, 0.3) is 0 Å². The third-order valence-electron chi connectivity index (χ3n) is 5.05. The summed E-state index contributed by atoms with van der Waals surface area (Å²) in [4.78, 5) is 33.5. The summed E-state index contributed by atoms with van der Waals surface area (Å²) in [6, 6.07) is 0. The standard InChI is InChI=1S/C21H34O5/c1-16(22)14-12-10-8-6-4-3-5-7-9-11-13-15-18-19(20(23)24)17(2)21(25)26-18/h18-19H,2-15H2,1H3,(H,23,24). The smallest absolute Gasteiger partial charge is 0.334 e. The summed E-state index contributed by atoms with van der Waals surface area (Å²) in [7, 11) is 0. The van der Waals surface area contributed by atoms with Gasteiger partial charge in [-0.3, -0.25) is 4.79 Å². The summed E-state index contributed by atoms with van der Waals surface area (Å²) in [6.45, 7) is 5.19. The summed E-state index contributed by atoms with van der Waals surface area (Å²) < 4.78 is 5.12. The van der Waals surface area contributed by atoms with E-state index in [1.54, 1.807) is 6.92 Å². The fraction of sp³-hybridized carbons (Fsp3) is 0.762. The van der Waals surface area contributed by atoms with Crippen LogP contribution in [0.1, 0.15) is 90.4 Å². The molecule has 2 unspecified atom stereocenters. The fourth-order valence-corrected chi connectivity index (χ4v) is 3.48. The van der Waals surface area contributed by atoms with Crippen LogP contribution in [0.15, 0.2) is 12.2 Å². The number of esters is 1. The van der Waals surface area contributed by atoms with Crippen LogP contribution in [0.2, 0.25) is 0 Å².